The molecule has 13 heteroatoms. The summed E-state index contributed by atoms with van der Waals surface area (Å²) in [5.74, 6) is 2.18. The maximum Gasteiger partial charge on any atom is 0.193 e. The highest BCUT2D eigenvalue weighted by Crippen LogP contribution is 2.53. The molecule has 0 radical (unpaired) electrons. The summed E-state index contributed by atoms with van der Waals surface area (Å²) < 4.78 is 0. The lowest BCUT2D eigenvalue weighted by Crippen LogP contribution is -2.38. The number of hydrogen-bond acceptors (Lipinski definition) is 13. The van der Waals surface area contributed by atoms with Crippen LogP contribution in [-0.4, -0.2) is 65.6 Å². The fourth-order valence-corrected chi connectivity index (χ4v) is 10.4. The number of rotatable bonds is 10. The van der Waals surface area contributed by atoms with E-state index in [9.17, 15) is 0 Å². The van der Waals surface area contributed by atoms with Crippen molar-refractivity contribution in [2.24, 2.45) is 0 Å². The van der Waals surface area contributed by atoms with Gasteiger partial charge >= 0.3 is 0 Å². The summed E-state index contributed by atoms with van der Waals surface area (Å²) in [5, 5.41) is 0. The van der Waals surface area contributed by atoms with Gasteiger partial charge in [0.25, 0.3) is 0 Å². The van der Waals surface area contributed by atoms with Gasteiger partial charge in [-0.2, -0.15) is 0 Å². The molecule has 1 aliphatic carbocycles. The zero-order valence-electron chi connectivity index (χ0n) is 41.7. The molecule has 0 spiro atoms. The standard InChI is InChI=1S/C62H38N12O.C2H6/c75-57-53-17-1-3-19-55(53)62(56-20-4-2-18-54(56)57,51-27-47(39-9-5-13-43(21-39)58-67-31-63-32-68-58)25-48(28-51)40-10-6-14-44(22-40)59-69-33-64-34-70-59)52-29-49(41-11-7-15-45(23-41)60-71-35-65-36-72-60)26-50(30-52)42-12-8-16-46(24-42)61-73-37-66-38-74-61;1-2/h1-38H;1-2H3. The Morgan fingerprint density at radius 1 is 0.273 bits per heavy atom. The summed E-state index contributed by atoms with van der Waals surface area (Å²) in [5.41, 5.74) is 14.5. The molecule has 12 aromatic rings. The van der Waals surface area contributed by atoms with Crippen LogP contribution in [-0.2, 0) is 5.41 Å². The van der Waals surface area contributed by atoms with E-state index in [1.165, 1.54) is 50.6 Å². The average Bonchev–Trinajstić information content (AvgIpc) is 3.56. The van der Waals surface area contributed by atoms with Crippen LogP contribution in [0, 0.1) is 0 Å². The largest absolute Gasteiger partial charge is 0.289 e. The molecule has 4 aromatic heterocycles. The number of benzene rings is 8. The van der Waals surface area contributed by atoms with Crippen LogP contribution in [0.1, 0.15) is 52.0 Å². The van der Waals surface area contributed by atoms with Gasteiger partial charge < -0.3 is 0 Å². The van der Waals surface area contributed by atoms with Crippen LogP contribution in [0.25, 0.3) is 90.1 Å². The minimum Gasteiger partial charge on any atom is -0.289 e. The topological polar surface area (TPSA) is 172 Å². The molecule has 77 heavy (non-hydrogen) atoms. The van der Waals surface area contributed by atoms with Crippen molar-refractivity contribution in [2.45, 2.75) is 19.3 Å². The molecular weight excluding hydrogens is 953 g/mol. The molecule has 0 fully saturated rings. The first-order chi connectivity index (χ1) is 38.1. The number of ketones is 1. The smallest absolute Gasteiger partial charge is 0.193 e. The summed E-state index contributed by atoms with van der Waals surface area (Å²) in [6.07, 6.45) is 12.0. The summed E-state index contributed by atoms with van der Waals surface area (Å²) in [6.45, 7) is 4.00. The predicted octanol–water partition coefficient (Wildman–Crippen LogP) is 12.7. The highest BCUT2D eigenvalue weighted by molar-refractivity contribution is 6.14. The third kappa shape index (κ3) is 8.97. The second-order valence-electron chi connectivity index (χ2n) is 17.9. The van der Waals surface area contributed by atoms with Crippen LogP contribution in [0.4, 0.5) is 0 Å². The lowest BCUT2D eigenvalue weighted by molar-refractivity contribution is 0.103. The highest BCUT2D eigenvalue weighted by atomic mass is 16.1. The fraction of sp³-hybridized carbons (Fsp3) is 0.0469. The second-order valence-corrected chi connectivity index (χ2v) is 17.9. The number of carbonyl (C=O) groups is 1. The minimum atomic E-state index is -1.12. The Labute approximate surface area is 443 Å². The van der Waals surface area contributed by atoms with E-state index in [2.05, 4.69) is 157 Å². The maximum atomic E-state index is 15.0. The molecule has 0 amide bonds. The molecule has 0 atom stereocenters. The molecule has 0 bridgehead atoms. The molecule has 13 rings (SSSR count). The van der Waals surface area contributed by atoms with E-state index in [4.69, 9.17) is 0 Å². The van der Waals surface area contributed by atoms with Crippen LogP contribution in [0.15, 0.2) is 233 Å². The molecule has 1 aliphatic rings. The van der Waals surface area contributed by atoms with Crippen molar-refractivity contribution in [3.63, 3.8) is 0 Å². The summed E-state index contributed by atoms with van der Waals surface area (Å²) in [6, 6.07) is 62.5. The van der Waals surface area contributed by atoms with Crippen LogP contribution in [0.3, 0.4) is 0 Å². The molecule has 0 saturated carbocycles. The Morgan fingerprint density at radius 3 is 0.805 bits per heavy atom. The summed E-state index contributed by atoms with van der Waals surface area (Å²) in [7, 11) is 0. The van der Waals surface area contributed by atoms with Crippen molar-refractivity contribution in [1.82, 2.24) is 59.8 Å². The average molecular weight is 997 g/mol. The molecule has 4 heterocycles. The molecular formula is C64H44N12O. The number of fused-ring (bicyclic) bond motifs is 2. The van der Waals surface area contributed by atoms with Gasteiger partial charge in [-0.15, -0.1) is 0 Å². The Balaban J connectivity index is 0.00000295. The quantitative estimate of drug-likeness (QED) is 0.127. The molecule has 366 valence electrons. The molecule has 0 aliphatic heterocycles. The third-order valence-electron chi connectivity index (χ3n) is 13.7. The van der Waals surface area contributed by atoms with Gasteiger partial charge in [-0.1, -0.05) is 135 Å². The Bertz CT molecular complexity index is 3640. The monoisotopic (exact) mass is 996 g/mol. The number of aromatic nitrogens is 12. The van der Waals surface area contributed by atoms with E-state index < -0.39 is 5.41 Å². The van der Waals surface area contributed by atoms with Gasteiger partial charge in [0.1, 0.15) is 50.6 Å². The fourth-order valence-electron chi connectivity index (χ4n) is 10.4. The Morgan fingerprint density at radius 2 is 0.519 bits per heavy atom. The maximum absolute atomic E-state index is 15.0. The SMILES string of the molecule is CC.O=C1c2ccccc2C(c2cc(-c3cccc(-c4ncncn4)c3)cc(-c3cccc(-c4ncncn4)c3)c2)(c2cc(-c3cccc(-c4ncncn4)c3)cc(-c3cccc(-c4ncncn4)c3)c2)c2ccccc21. The number of nitrogens with zero attached hydrogens (tertiary/aromatic N) is 12. The molecule has 0 unspecified atom stereocenters. The van der Waals surface area contributed by atoms with E-state index in [0.29, 0.717) is 34.4 Å². The van der Waals surface area contributed by atoms with E-state index >= 15 is 4.79 Å². The zero-order valence-corrected chi connectivity index (χ0v) is 41.7. The number of carbonyl (C=O) groups excluding carboxylic acids is 1. The first-order valence-electron chi connectivity index (χ1n) is 25.0. The molecule has 0 N–H and O–H groups in total. The van der Waals surface area contributed by atoms with Crippen LogP contribution in [0.5, 0.6) is 0 Å². The van der Waals surface area contributed by atoms with Gasteiger partial charge in [0.15, 0.2) is 29.1 Å². The normalized spacial score (nSPS) is 12.2. The molecule has 13 nitrogen and oxygen atoms in total. The first kappa shape index (κ1) is 47.5. The molecule has 8 aromatic carbocycles. The van der Waals surface area contributed by atoms with E-state index in [0.717, 1.165) is 89.0 Å². The van der Waals surface area contributed by atoms with Crippen LogP contribution < -0.4 is 0 Å². The minimum absolute atomic E-state index is 0.0465. The van der Waals surface area contributed by atoms with E-state index in [1.807, 2.05) is 98.8 Å². The van der Waals surface area contributed by atoms with Gasteiger partial charge in [-0.05, 0) is 127 Å². The van der Waals surface area contributed by atoms with E-state index in [-0.39, 0.29) is 5.78 Å². The zero-order chi connectivity index (χ0) is 52.1. The predicted molar refractivity (Wildman–Crippen MR) is 297 cm³/mol. The van der Waals surface area contributed by atoms with Crippen molar-refractivity contribution in [2.75, 3.05) is 0 Å². The van der Waals surface area contributed by atoms with E-state index in [1.54, 1.807) is 0 Å². The van der Waals surface area contributed by atoms with Crippen molar-refractivity contribution in [3.8, 4) is 90.1 Å². The van der Waals surface area contributed by atoms with Gasteiger partial charge in [0.2, 0.25) is 0 Å². The Hall–Kier alpha value is -10.5. The highest BCUT2D eigenvalue weighted by Gasteiger charge is 2.47. The van der Waals surface area contributed by atoms with Crippen molar-refractivity contribution in [3.05, 3.63) is 266 Å². The summed E-state index contributed by atoms with van der Waals surface area (Å²) in [4.78, 5) is 67.4. The first-order valence-corrected chi connectivity index (χ1v) is 25.0. The molecule has 0 saturated heterocycles. The van der Waals surface area contributed by atoms with Crippen molar-refractivity contribution < 1.29 is 4.79 Å². The van der Waals surface area contributed by atoms with Crippen LogP contribution in [0.2, 0.25) is 0 Å². The van der Waals surface area contributed by atoms with Crippen molar-refractivity contribution in [1.29, 1.82) is 0 Å². The van der Waals surface area contributed by atoms with Crippen LogP contribution >= 0.6 is 0 Å². The third-order valence-corrected chi connectivity index (χ3v) is 13.7. The van der Waals surface area contributed by atoms with Crippen molar-refractivity contribution >= 4 is 5.78 Å². The van der Waals surface area contributed by atoms with Gasteiger partial charge in [0, 0.05) is 33.4 Å². The number of hydrogen-bond donors (Lipinski definition) is 0. The van der Waals surface area contributed by atoms with Gasteiger partial charge in [-0.25, -0.2) is 59.8 Å². The lowest BCUT2D eigenvalue weighted by atomic mass is 9.58. The second kappa shape index (κ2) is 20.8. The summed E-state index contributed by atoms with van der Waals surface area (Å²) >= 11 is 0. The Kier molecular flexibility index (Phi) is 12.8. The van der Waals surface area contributed by atoms with Gasteiger partial charge in [-0.3, -0.25) is 4.79 Å². The van der Waals surface area contributed by atoms with Gasteiger partial charge in [0.05, 0.1) is 5.41 Å². The lowest BCUT2D eigenvalue weighted by Gasteiger charge is -2.42.